The lowest BCUT2D eigenvalue weighted by Gasteiger charge is -2.18. The molecule has 0 amide bonds. The Morgan fingerprint density at radius 2 is 1.81 bits per heavy atom. The van der Waals surface area contributed by atoms with Crippen molar-refractivity contribution < 1.29 is 9.47 Å². The maximum Gasteiger partial charge on any atom is 0.191 e. The third-order valence-electron chi connectivity index (χ3n) is 4.15. The van der Waals surface area contributed by atoms with E-state index in [0.29, 0.717) is 0 Å². The average molecular weight is 365 g/mol. The number of hydrogen-bond donors (Lipinski definition) is 2. The van der Waals surface area contributed by atoms with Gasteiger partial charge in [0.15, 0.2) is 5.96 Å². The molecule has 0 aliphatic rings. The molecule has 2 N–H and O–H groups in total. The normalized spacial score (nSPS) is 13.0. The fourth-order valence-corrected chi connectivity index (χ4v) is 2.54. The van der Waals surface area contributed by atoms with Gasteiger partial charge in [0.05, 0.1) is 6.10 Å². The van der Waals surface area contributed by atoms with Crippen LogP contribution in [0.4, 0.5) is 0 Å². The van der Waals surface area contributed by atoms with Crippen LogP contribution >= 0.6 is 0 Å². The van der Waals surface area contributed by atoms with Gasteiger partial charge >= 0.3 is 0 Å². The third kappa shape index (κ3) is 10.4. The SMILES string of the molecule is CN=C(NCCCOC(C)c1ccccc1)NCCN(C)CCCOC. The van der Waals surface area contributed by atoms with Gasteiger partial charge in [-0.05, 0) is 32.4 Å². The molecule has 0 saturated carbocycles. The molecule has 1 rings (SSSR count). The second kappa shape index (κ2) is 14.5. The molecule has 0 aliphatic heterocycles. The number of guanidine groups is 1. The van der Waals surface area contributed by atoms with Crippen molar-refractivity contribution in [2.75, 3.05) is 60.6 Å². The highest BCUT2D eigenvalue weighted by molar-refractivity contribution is 5.79. The molecule has 0 fully saturated rings. The summed E-state index contributed by atoms with van der Waals surface area (Å²) in [5.74, 6) is 0.839. The van der Waals surface area contributed by atoms with Crippen molar-refractivity contribution in [1.29, 1.82) is 0 Å². The van der Waals surface area contributed by atoms with Crippen molar-refractivity contribution in [1.82, 2.24) is 15.5 Å². The highest BCUT2D eigenvalue weighted by atomic mass is 16.5. The Labute approximate surface area is 159 Å². The smallest absolute Gasteiger partial charge is 0.191 e. The summed E-state index contributed by atoms with van der Waals surface area (Å²) < 4.78 is 11.0. The summed E-state index contributed by atoms with van der Waals surface area (Å²) in [6, 6.07) is 10.3. The molecule has 0 radical (unpaired) electrons. The van der Waals surface area contributed by atoms with Crippen LogP contribution in [0.1, 0.15) is 31.4 Å². The maximum atomic E-state index is 5.89. The largest absolute Gasteiger partial charge is 0.385 e. The molecular weight excluding hydrogens is 328 g/mol. The summed E-state index contributed by atoms with van der Waals surface area (Å²) in [4.78, 5) is 6.55. The number of nitrogens with one attached hydrogen (secondary N) is 2. The summed E-state index contributed by atoms with van der Waals surface area (Å²) in [5, 5.41) is 6.67. The van der Waals surface area contributed by atoms with Gasteiger partial charge in [-0.1, -0.05) is 30.3 Å². The Bertz CT molecular complexity index is 482. The monoisotopic (exact) mass is 364 g/mol. The van der Waals surface area contributed by atoms with Crippen LogP contribution in [0.15, 0.2) is 35.3 Å². The predicted octanol–water partition coefficient (Wildman–Crippen LogP) is 2.29. The summed E-state index contributed by atoms with van der Waals surface area (Å²) >= 11 is 0. The third-order valence-corrected chi connectivity index (χ3v) is 4.15. The van der Waals surface area contributed by atoms with Gasteiger partial charge in [0.1, 0.15) is 0 Å². The lowest BCUT2D eigenvalue weighted by atomic mass is 10.1. The molecule has 6 heteroatoms. The van der Waals surface area contributed by atoms with Crippen molar-refractivity contribution in [2.24, 2.45) is 4.99 Å². The van der Waals surface area contributed by atoms with E-state index in [1.807, 2.05) is 18.2 Å². The zero-order valence-corrected chi connectivity index (χ0v) is 16.8. The van der Waals surface area contributed by atoms with Crippen LogP contribution in [-0.2, 0) is 9.47 Å². The van der Waals surface area contributed by atoms with Gasteiger partial charge in [0.25, 0.3) is 0 Å². The first-order chi connectivity index (χ1) is 12.7. The second-order valence-corrected chi connectivity index (χ2v) is 6.35. The van der Waals surface area contributed by atoms with Crippen LogP contribution in [0, 0.1) is 0 Å². The van der Waals surface area contributed by atoms with Crippen LogP contribution in [0.2, 0.25) is 0 Å². The van der Waals surface area contributed by atoms with Gasteiger partial charge in [-0.25, -0.2) is 0 Å². The Balaban J connectivity index is 2.07. The molecule has 0 saturated heterocycles. The summed E-state index contributed by atoms with van der Waals surface area (Å²) in [6.07, 6.45) is 2.12. The van der Waals surface area contributed by atoms with E-state index < -0.39 is 0 Å². The molecule has 1 unspecified atom stereocenters. The predicted molar refractivity (Wildman–Crippen MR) is 109 cm³/mol. The summed E-state index contributed by atoms with van der Waals surface area (Å²) in [7, 11) is 5.66. The van der Waals surface area contributed by atoms with Gasteiger partial charge in [0, 0.05) is 53.6 Å². The minimum Gasteiger partial charge on any atom is -0.385 e. The minimum atomic E-state index is 0.127. The zero-order valence-electron chi connectivity index (χ0n) is 16.8. The number of methoxy groups -OCH3 is 1. The molecule has 1 atom stereocenters. The fraction of sp³-hybridized carbons (Fsp3) is 0.650. The lowest BCUT2D eigenvalue weighted by Crippen LogP contribution is -2.41. The Kier molecular flexibility index (Phi) is 12.5. The molecule has 1 aromatic carbocycles. The molecule has 0 aliphatic carbocycles. The van der Waals surface area contributed by atoms with Crippen LogP contribution < -0.4 is 10.6 Å². The van der Waals surface area contributed by atoms with E-state index in [1.54, 1.807) is 14.2 Å². The first-order valence-electron chi connectivity index (χ1n) is 9.46. The Morgan fingerprint density at radius 3 is 2.50 bits per heavy atom. The maximum absolute atomic E-state index is 5.89. The number of benzene rings is 1. The van der Waals surface area contributed by atoms with E-state index in [0.717, 1.165) is 58.2 Å². The first-order valence-corrected chi connectivity index (χ1v) is 9.46. The van der Waals surface area contributed by atoms with Crippen molar-refractivity contribution >= 4 is 5.96 Å². The van der Waals surface area contributed by atoms with Crippen molar-refractivity contribution in [3.05, 3.63) is 35.9 Å². The van der Waals surface area contributed by atoms with Crippen molar-refractivity contribution in [3.8, 4) is 0 Å². The molecule has 26 heavy (non-hydrogen) atoms. The van der Waals surface area contributed by atoms with E-state index in [1.165, 1.54) is 5.56 Å². The van der Waals surface area contributed by atoms with Gasteiger partial charge in [-0.3, -0.25) is 4.99 Å². The molecule has 148 valence electrons. The Hall–Kier alpha value is -1.63. The number of ether oxygens (including phenoxy) is 2. The number of rotatable bonds is 13. The second-order valence-electron chi connectivity index (χ2n) is 6.35. The fourth-order valence-electron chi connectivity index (χ4n) is 2.54. The molecule has 0 heterocycles. The van der Waals surface area contributed by atoms with Gasteiger partial charge in [0.2, 0.25) is 0 Å². The molecule has 0 aromatic heterocycles. The van der Waals surface area contributed by atoms with Crippen molar-refractivity contribution in [3.63, 3.8) is 0 Å². The molecule has 1 aromatic rings. The van der Waals surface area contributed by atoms with Gasteiger partial charge in [-0.15, -0.1) is 0 Å². The molecule has 0 bridgehead atoms. The number of aliphatic imine (C=N–C) groups is 1. The molecular formula is C20H36N4O2. The van der Waals surface area contributed by atoms with E-state index in [4.69, 9.17) is 9.47 Å². The van der Waals surface area contributed by atoms with Crippen LogP contribution in [0.25, 0.3) is 0 Å². The van der Waals surface area contributed by atoms with E-state index in [2.05, 4.69) is 46.6 Å². The average Bonchev–Trinajstić information content (AvgIpc) is 2.67. The van der Waals surface area contributed by atoms with E-state index in [9.17, 15) is 0 Å². The van der Waals surface area contributed by atoms with E-state index >= 15 is 0 Å². The quantitative estimate of drug-likeness (QED) is 0.319. The minimum absolute atomic E-state index is 0.127. The standard InChI is InChI=1S/C20H36N4O2/c1-18(19-10-6-5-7-11-19)26-17-8-12-22-20(21-2)23-13-15-24(3)14-9-16-25-4/h5-7,10-11,18H,8-9,12-17H2,1-4H3,(H2,21,22,23). The molecule has 0 spiro atoms. The van der Waals surface area contributed by atoms with E-state index in [-0.39, 0.29) is 6.10 Å². The van der Waals surface area contributed by atoms with Crippen molar-refractivity contribution in [2.45, 2.75) is 25.9 Å². The highest BCUT2D eigenvalue weighted by Gasteiger charge is 2.04. The highest BCUT2D eigenvalue weighted by Crippen LogP contribution is 2.15. The number of hydrogen-bond acceptors (Lipinski definition) is 4. The van der Waals surface area contributed by atoms with Crippen LogP contribution in [-0.4, -0.2) is 71.5 Å². The number of likely N-dealkylation sites (N-methyl/N-ethyl adjacent to an activating group) is 1. The van der Waals surface area contributed by atoms with Gasteiger partial charge in [-0.2, -0.15) is 0 Å². The topological polar surface area (TPSA) is 58.1 Å². The lowest BCUT2D eigenvalue weighted by molar-refractivity contribution is 0.0646. The number of nitrogens with zero attached hydrogens (tertiary/aromatic N) is 2. The molecule has 6 nitrogen and oxygen atoms in total. The van der Waals surface area contributed by atoms with Gasteiger partial charge < -0.3 is 25.0 Å². The Morgan fingerprint density at radius 1 is 1.08 bits per heavy atom. The van der Waals surface area contributed by atoms with Crippen LogP contribution in [0.5, 0.6) is 0 Å². The summed E-state index contributed by atoms with van der Waals surface area (Å²) in [6.45, 7) is 7.34. The first kappa shape index (κ1) is 22.4. The summed E-state index contributed by atoms with van der Waals surface area (Å²) in [5.41, 5.74) is 1.22. The zero-order chi connectivity index (χ0) is 19.0. The van der Waals surface area contributed by atoms with Crippen LogP contribution in [0.3, 0.4) is 0 Å².